The Balaban J connectivity index is 1.30. The van der Waals surface area contributed by atoms with E-state index in [1.807, 2.05) is 31.2 Å². The maximum Gasteiger partial charge on any atom is 0.325 e. The Labute approximate surface area is 221 Å². The summed E-state index contributed by atoms with van der Waals surface area (Å²) >= 11 is 0. The topological polar surface area (TPSA) is 111 Å². The van der Waals surface area contributed by atoms with Crippen molar-refractivity contribution in [1.82, 2.24) is 9.62 Å². The number of sulfonamides is 1. The SMILES string of the molecule is Cc1ccc(S(=O)(=O)N2Cc3ccccc3C[C@H]2C(=O)O[C@H](C)C(=O)NCc2ccc3c(c2)OCO3)cc1. The smallest absolute Gasteiger partial charge is 0.325 e. The second-order valence-corrected chi connectivity index (χ2v) is 11.2. The number of aryl methyl sites for hydroxylation is 1. The third kappa shape index (κ3) is 5.23. The van der Waals surface area contributed by atoms with Crippen molar-refractivity contribution in [1.29, 1.82) is 0 Å². The molecule has 0 saturated carbocycles. The van der Waals surface area contributed by atoms with E-state index in [9.17, 15) is 18.0 Å². The summed E-state index contributed by atoms with van der Waals surface area (Å²) < 4.78 is 44.5. The van der Waals surface area contributed by atoms with Crippen molar-refractivity contribution in [2.75, 3.05) is 6.79 Å². The number of amides is 1. The molecule has 38 heavy (non-hydrogen) atoms. The lowest BCUT2D eigenvalue weighted by Crippen LogP contribution is -2.50. The van der Waals surface area contributed by atoms with Gasteiger partial charge in [-0.1, -0.05) is 48.0 Å². The van der Waals surface area contributed by atoms with E-state index in [0.717, 1.165) is 22.3 Å². The first-order valence-corrected chi connectivity index (χ1v) is 13.7. The van der Waals surface area contributed by atoms with Crippen LogP contribution >= 0.6 is 0 Å². The summed E-state index contributed by atoms with van der Waals surface area (Å²) in [4.78, 5) is 26.1. The third-order valence-electron chi connectivity index (χ3n) is 6.67. The second-order valence-electron chi connectivity index (χ2n) is 9.34. The maximum atomic E-state index is 13.6. The minimum Gasteiger partial charge on any atom is -0.454 e. The van der Waals surface area contributed by atoms with Gasteiger partial charge in [-0.05, 0) is 54.8 Å². The van der Waals surface area contributed by atoms with Crippen LogP contribution in [0.25, 0.3) is 0 Å². The number of benzene rings is 3. The van der Waals surface area contributed by atoms with Crippen LogP contribution in [0.3, 0.4) is 0 Å². The molecule has 0 saturated heterocycles. The van der Waals surface area contributed by atoms with Crippen LogP contribution in [0, 0.1) is 6.92 Å². The summed E-state index contributed by atoms with van der Waals surface area (Å²) in [6.07, 6.45) is -0.983. The van der Waals surface area contributed by atoms with E-state index in [0.29, 0.717) is 11.5 Å². The fourth-order valence-corrected chi connectivity index (χ4v) is 6.04. The van der Waals surface area contributed by atoms with Gasteiger partial charge in [-0.3, -0.25) is 9.59 Å². The van der Waals surface area contributed by atoms with Crippen LogP contribution in [0.1, 0.15) is 29.2 Å². The molecular formula is C28H28N2O7S. The predicted molar refractivity (Wildman–Crippen MR) is 138 cm³/mol. The van der Waals surface area contributed by atoms with E-state index in [1.165, 1.54) is 23.4 Å². The molecule has 0 radical (unpaired) electrons. The highest BCUT2D eigenvalue weighted by Crippen LogP contribution is 2.33. The summed E-state index contributed by atoms with van der Waals surface area (Å²) in [6, 6.07) is 18.1. The Morgan fingerprint density at radius 1 is 1.03 bits per heavy atom. The number of fused-ring (bicyclic) bond motifs is 2. The molecule has 1 N–H and O–H groups in total. The highest BCUT2D eigenvalue weighted by Gasteiger charge is 2.41. The minimum atomic E-state index is -4.01. The Hall–Kier alpha value is -3.89. The number of esters is 1. The molecule has 0 aliphatic carbocycles. The molecule has 3 aromatic carbocycles. The Morgan fingerprint density at radius 3 is 2.50 bits per heavy atom. The van der Waals surface area contributed by atoms with E-state index in [4.69, 9.17) is 14.2 Å². The van der Waals surface area contributed by atoms with Gasteiger partial charge in [0.15, 0.2) is 17.6 Å². The Kier molecular flexibility index (Phi) is 7.09. The van der Waals surface area contributed by atoms with Gasteiger partial charge >= 0.3 is 5.97 Å². The van der Waals surface area contributed by atoms with Gasteiger partial charge in [0.05, 0.1) is 4.90 Å². The van der Waals surface area contributed by atoms with Crippen molar-refractivity contribution in [3.63, 3.8) is 0 Å². The van der Waals surface area contributed by atoms with Gasteiger partial charge in [0.2, 0.25) is 16.8 Å². The Morgan fingerprint density at radius 2 is 1.74 bits per heavy atom. The molecule has 198 valence electrons. The predicted octanol–water partition coefficient (Wildman–Crippen LogP) is 3.09. The first-order valence-electron chi connectivity index (χ1n) is 12.2. The van der Waals surface area contributed by atoms with Crippen molar-refractivity contribution in [3.05, 3.63) is 89.0 Å². The molecule has 10 heteroatoms. The lowest BCUT2D eigenvalue weighted by atomic mass is 9.96. The van der Waals surface area contributed by atoms with E-state index in [1.54, 1.807) is 30.3 Å². The average molecular weight is 537 g/mol. The van der Waals surface area contributed by atoms with Crippen LogP contribution in [0.4, 0.5) is 0 Å². The molecule has 2 heterocycles. The molecule has 0 fully saturated rings. The molecule has 2 aliphatic rings. The average Bonchev–Trinajstić information content (AvgIpc) is 3.39. The number of ether oxygens (including phenoxy) is 3. The van der Waals surface area contributed by atoms with Crippen LogP contribution in [0.15, 0.2) is 71.6 Å². The first kappa shape index (κ1) is 25.7. The van der Waals surface area contributed by atoms with E-state index >= 15 is 0 Å². The first-order chi connectivity index (χ1) is 18.2. The summed E-state index contributed by atoms with van der Waals surface area (Å²) in [7, 11) is -4.01. The normalized spacial score (nSPS) is 17.4. The zero-order chi connectivity index (χ0) is 26.9. The van der Waals surface area contributed by atoms with Crippen LogP contribution in [0.5, 0.6) is 11.5 Å². The Bertz CT molecular complexity index is 1470. The fraction of sp³-hybridized carbons (Fsp3) is 0.286. The summed E-state index contributed by atoms with van der Waals surface area (Å²) in [5.41, 5.74) is 3.40. The fourth-order valence-electron chi connectivity index (χ4n) is 4.49. The number of nitrogens with one attached hydrogen (secondary N) is 1. The largest absolute Gasteiger partial charge is 0.454 e. The lowest BCUT2D eigenvalue weighted by Gasteiger charge is -2.34. The van der Waals surface area contributed by atoms with Gasteiger partial charge in [-0.25, -0.2) is 8.42 Å². The van der Waals surface area contributed by atoms with E-state index < -0.39 is 34.0 Å². The number of nitrogens with zero attached hydrogens (tertiary/aromatic N) is 1. The lowest BCUT2D eigenvalue weighted by molar-refractivity contribution is -0.158. The monoisotopic (exact) mass is 536 g/mol. The number of hydrogen-bond acceptors (Lipinski definition) is 7. The van der Waals surface area contributed by atoms with Crippen molar-refractivity contribution in [3.8, 4) is 11.5 Å². The van der Waals surface area contributed by atoms with Gasteiger partial charge in [0, 0.05) is 19.5 Å². The quantitative estimate of drug-likeness (QED) is 0.462. The number of carbonyl (C=O) groups is 2. The molecule has 0 unspecified atom stereocenters. The number of rotatable bonds is 7. The highest BCUT2D eigenvalue weighted by molar-refractivity contribution is 7.89. The minimum absolute atomic E-state index is 0.0246. The van der Waals surface area contributed by atoms with Crippen LogP contribution in [-0.2, 0) is 43.9 Å². The summed E-state index contributed by atoms with van der Waals surface area (Å²) in [5.74, 6) is -0.0358. The molecule has 0 bridgehead atoms. The summed E-state index contributed by atoms with van der Waals surface area (Å²) in [5, 5.41) is 2.74. The molecule has 1 amide bonds. The van der Waals surface area contributed by atoms with Crippen molar-refractivity contribution < 1.29 is 32.2 Å². The molecule has 0 spiro atoms. The van der Waals surface area contributed by atoms with Gasteiger partial charge in [0.25, 0.3) is 5.91 Å². The molecule has 5 rings (SSSR count). The van der Waals surface area contributed by atoms with Gasteiger partial charge < -0.3 is 19.5 Å². The summed E-state index contributed by atoms with van der Waals surface area (Å²) in [6.45, 7) is 3.70. The molecule has 2 atom stereocenters. The maximum absolute atomic E-state index is 13.6. The zero-order valence-corrected chi connectivity index (χ0v) is 21.9. The van der Waals surface area contributed by atoms with Gasteiger partial charge in [-0.15, -0.1) is 0 Å². The van der Waals surface area contributed by atoms with Crippen LogP contribution in [-0.4, -0.2) is 43.5 Å². The standard InChI is InChI=1S/C28H28N2O7S/c1-18-7-10-23(11-8-18)38(33,34)30-16-22-6-4-3-5-21(22)14-24(30)28(32)37-19(2)27(31)29-15-20-9-12-25-26(13-20)36-17-35-25/h3-13,19,24H,14-17H2,1-2H3,(H,29,31)/t19-,24+/m1/s1. The molecule has 3 aromatic rings. The van der Waals surface area contributed by atoms with Crippen LogP contribution < -0.4 is 14.8 Å². The molecule has 2 aliphatic heterocycles. The zero-order valence-electron chi connectivity index (χ0n) is 21.0. The van der Waals surface area contributed by atoms with Crippen LogP contribution in [0.2, 0.25) is 0 Å². The van der Waals surface area contributed by atoms with Crippen molar-refractivity contribution in [2.24, 2.45) is 0 Å². The van der Waals surface area contributed by atoms with Crippen molar-refractivity contribution >= 4 is 21.9 Å². The second kappa shape index (κ2) is 10.5. The van der Waals surface area contributed by atoms with E-state index in [-0.39, 0.29) is 31.2 Å². The number of carbonyl (C=O) groups excluding carboxylic acids is 2. The van der Waals surface area contributed by atoms with Crippen molar-refractivity contribution in [2.45, 2.75) is 50.4 Å². The molecule has 0 aromatic heterocycles. The van der Waals surface area contributed by atoms with Gasteiger partial charge in [0.1, 0.15) is 6.04 Å². The molecule has 9 nitrogen and oxygen atoms in total. The third-order valence-corrected chi connectivity index (χ3v) is 8.54. The van der Waals surface area contributed by atoms with Gasteiger partial charge in [-0.2, -0.15) is 4.31 Å². The molecular weight excluding hydrogens is 508 g/mol. The number of hydrogen-bond donors (Lipinski definition) is 1. The highest BCUT2D eigenvalue weighted by atomic mass is 32.2. The van der Waals surface area contributed by atoms with E-state index in [2.05, 4.69) is 5.32 Å².